The zero-order valence-corrected chi connectivity index (χ0v) is 17.2. The van der Waals surface area contributed by atoms with Gasteiger partial charge in [-0.1, -0.05) is 59.9 Å². The van der Waals surface area contributed by atoms with Crippen LogP contribution in [0.3, 0.4) is 0 Å². The zero-order chi connectivity index (χ0) is 20.0. The highest BCUT2D eigenvalue weighted by Gasteiger charge is 2.19. The Kier molecular flexibility index (Phi) is 6.86. The van der Waals surface area contributed by atoms with Crippen LogP contribution in [0.1, 0.15) is 77.0 Å². The van der Waals surface area contributed by atoms with Gasteiger partial charge >= 0.3 is 0 Å². The number of unbranched alkanes of at least 4 members (excludes halogenated alkanes) is 1. The topological polar surface area (TPSA) is 56.8 Å². The van der Waals surface area contributed by atoms with Crippen LogP contribution in [0.2, 0.25) is 0 Å². The number of benzene rings is 2. The van der Waals surface area contributed by atoms with Gasteiger partial charge in [0, 0.05) is 5.39 Å². The molecule has 3 heteroatoms. The molecule has 0 aliphatic carbocycles. The molecule has 0 aliphatic heterocycles. The first kappa shape index (κ1) is 20.8. The van der Waals surface area contributed by atoms with Gasteiger partial charge in [0.25, 0.3) is 0 Å². The Bertz CT molecular complexity index is 878. The fraction of sp³-hybridized carbons (Fsp3) is 0.500. The lowest BCUT2D eigenvalue weighted by atomic mass is 9.85. The van der Waals surface area contributed by atoms with E-state index in [-0.39, 0.29) is 5.41 Å². The molecule has 0 saturated carbocycles. The molecule has 3 nitrogen and oxygen atoms in total. The lowest BCUT2D eigenvalue weighted by molar-refractivity contribution is 0.235. The molecule has 0 aromatic heterocycles. The lowest BCUT2D eigenvalue weighted by Gasteiger charge is -2.23. The van der Waals surface area contributed by atoms with E-state index in [0.717, 1.165) is 22.9 Å². The molecule has 0 heterocycles. The van der Waals surface area contributed by atoms with Gasteiger partial charge in [0.15, 0.2) is 0 Å². The Hall–Kier alpha value is -2.52. The Labute approximate surface area is 163 Å². The highest BCUT2D eigenvalue weighted by Crippen LogP contribution is 2.35. The average molecular weight is 363 g/mol. The number of nitrogens with zero attached hydrogens (tertiary/aromatic N) is 2. The third kappa shape index (κ3) is 5.01. The van der Waals surface area contributed by atoms with Crippen molar-refractivity contribution in [2.45, 2.75) is 65.7 Å². The van der Waals surface area contributed by atoms with Gasteiger partial charge in [0.05, 0.1) is 17.7 Å². The second-order valence-electron chi connectivity index (χ2n) is 8.29. The normalized spacial score (nSPS) is 12.4. The van der Waals surface area contributed by atoms with Gasteiger partial charge in [-0.15, -0.1) is 0 Å². The SMILES string of the molecule is CCCCC(CC)COc1cc(C(C)(C)C)cc2cc(C#N)c(C#N)cc12. The third-order valence-electron chi connectivity index (χ3n) is 5.18. The van der Waals surface area contributed by atoms with Crippen LogP contribution in [0.15, 0.2) is 24.3 Å². The van der Waals surface area contributed by atoms with Crippen LogP contribution in [0.5, 0.6) is 5.75 Å². The Balaban J connectivity index is 2.51. The molecule has 1 unspecified atom stereocenters. The first-order valence-corrected chi connectivity index (χ1v) is 9.89. The van der Waals surface area contributed by atoms with Gasteiger partial charge in [-0.05, 0) is 46.9 Å². The predicted molar refractivity (Wildman–Crippen MR) is 111 cm³/mol. The van der Waals surface area contributed by atoms with Crippen molar-refractivity contribution in [3.05, 3.63) is 41.0 Å². The van der Waals surface area contributed by atoms with Crippen LogP contribution in [0.4, 0.5) is 0 Å². The molecule has 0 amide bonds. The Morgan fingerprint density at radius 2 is 1.67 bits per heavy atom. The number of fused-ring (bicyclic) bond motifs is 1. The Morgan fingerprint density at radius 3 is 2.22 bits per heavy atom. The van der Waals surface area contributed by atoms with E-state index in [1.165, 1.54) is 24.8 Å². The maximum Gasteiger partial charge on any atom is 0.127 e. The smallest absolute Gasteiger partial charge is 0.127 e. The summed E-state index contributed by atoms with van der Waals surface area (Å²) in [7, 11) is 0. The molecule has 0 radical (unpaired) electrons. The maximum atomic E-state index is 9.40. The first-order chi connectivity index (χ1) is 12.8. The van der Waals surface area contributed by atoms with E-state index in [1.807, 2.05) is 6.07 Å². The van der Waals surface area contributed by atoms with Crippen LogP contribution in [0, 0.1) is 28.6 Å². The number of nitriles is 2. The molecule has 1 atom stereocenters. The van der Waals surface area contributed by atoms with Crippen LogP contribution >= 0.6 is 0 Å². The second-order valence-corrected chi connectivity index (χ2v) is 8.29. The molecular weight excluding hydrogens is 332 g/mol. The molecule has 0 saturated heterocycles. The summed E-state index contributed by atoms with van der Waals surface area (Å²) in [6, 6.07) is 12.1. The van der Waals surface area contributed by atoms with Crippen molar-refractivity contribution in [3.8, 4) is 17.9 Å². The van der Waals surface area contributed by atoms with E-state index in [0.29, 0.717) is 23.7 Å². The maximum absolute atomic E-state index is 9.40. The molecule has 2 rings (SSSR count). The monoisotopic (exact) mass is 362 g/mol. The van der Waals surface area contributed by atoms with Gasteiger partial charge in [0.1, 0.15) is 17.9 Å². The average Bonchev–Trinajstić information content (AvgIpc) is 2.65. The summed E-state index contributed by atoms with van der Waals surface area (Å²) >= 11 is 0. The summed E-state index contributed by atoms with van der Waals surface area (Å²) in [5, 5.41) is 20.6. The first-order valence-electron chi connectivity index (χ1n) is 9.89. The van der Waals surface area contributed by atoms with Crippen molar-refractivity contribution in [3.63, 3.8) is 0 Å². The Morgan fingerprint density at radius 1 is 1.00 bits per heavy atom. The largest absolute Gasteiger partial charge is 0.493 e. The minimum atomic E-state index is -0.0284. The van der Waals surface area contributed by atoms with Crippen LogP contribution in [-0.4, -0.2) is 6.61 Å². The summed E-state index contributed by atoms with van der Waals surface area (Å²) in [4.78, 5) is 0. The predicted octanol–water partition coefficient (Wildman–Crippen LogP) is 6.48. The molecule has 0 bridgehead atoms. The molecule has 0 fully saturated rings. The number of rotatable bonds is 7. The standard InChI is InChI=1S/C24H30N2O/c1-6-8-9-17(7-2)16-27-23-13-21(24(3,4)5)11-18-10-19(14-25)20(15-26)12-22(18)23/h10-13,17H,6-9,16H2,1-5H3. The fourth-order valence-corrected chi connectivity index (χ4v) is 3.22. The molecular formula is C24H30N2O. The van der Waals surface area contributed by atoms with E-state index < -0.39 is 0 Å². The minimum absolute atomic E-state index is 0.0284. The molecule has 2 aromatic carbocycles. The quantitative estimate of drug-likeness (QED) is 0.566. The van der Waals surface area contributed by atoms with Gasteiger partial charge in [-0.3, -0.25) is 0 Å². The van der Waals surface area contributed by atoms with Crippen molar-refractivity contribution in [2.75, 3.05) is 6.61 Å². The summed E-state index contributed by atoms with van der Waals surface area (Å²) in [5.74, 6) is 1.35. The number of hydrogen-bond acceptors (Lipinski definition) is 3. The number of hydrogen-bond donors (Lipinski definition) is 0. The highest BCUT2D eigenvalue weighted by molar-refractivity contribution is 5.92. The molecule has 0 N–H and O–H groups in total. The summed E-state index contributed by atoms with van der Waals surface area (Å²) in [6.07, 6.45) is 4.68. The van der Waals surface area contributed by atoms with Gasteiger partial charge < -0.3 is 4.74 Å². The van der Waals surface area contributed by atoms with Crippen LogP contribution in [0.25, 0.3) is 10.8 Å². The third-order valence-corrected chi connectivity index (χ3v) is 5.18. The molecule has 2 aromatic rings. The highest BCUT2D eigenvalue weighted by atomic mass is 16.5. The van der Waals surface area contributed by atoms with E-state index in [2.05, 4.69) is 58.9 Å². The van der Waals surface area contributed by atoms with Gasteiger partial charge in [0.2, 0.25) is 0 Å². The molecule has 27 heavy (non-hydrogen) atoms. The van der Waals surface area contributed by atoms with Crippen molar-refractivity contribution in [1.82, 2.24) is 0 Å². The van der Waals surface area contributed by atoms with Crippen molar-refractivity contribution < 1.29 is 4.74 Å². The van der Waals surface area contributed by atoms with Gasteiger partial charge in [-0.25, -0.2) is 0 Å². The van der Waals surface area contributed by atoms with Crippen molar-refractivity contribution in [2.24, 2.45) is 5.92 Å². The summed E-state index contributed by atoms with van der Waals surface area (Å²) in [5.41, 5.74) is 1.95. The molecule has 142 valence electrons. The van der Waals surface area contributed by atoms with E-state index in [1.54, 1.807) is 6.07 Å². The second kappa shape index (κ2) is 8.92. The van der Waals surface area contributed by atoms with E-state index in [4.69, 9.17) is 4.74 Å². The number of ether oxygens (including phenoxy) is 1. The fourth-order valence-electron chi connectivity index (χ4n) is 3.22. The minimum Gasteiger partial charge on any atom is -0.493 e. The van der Waals surface area contributed by atoms with Crippen LogP contribution < -0.4 is 4.74 Å². The summed E-state index contributed by atoms with van der Waals surface area (Å²) < 4.78 is 6.29. The van der Waals surface area contributed by atoms with E-state index in [9.17, 15) is 10.5 Å². The molecule has 0 spiro atoms. The van der Waals surface area contributed by atoms with Crippen molar-refractivity contribution in [1.29, 1.82) is 10.5 Å². The molecule has 0 aliphatic rings. The zero-order valence-electron chi connectivity index (χ0n) is 17.2. The summed E-state index contributed by atoms with van der Waals surface area (Å²) in [6.45, 7) is 11.6. The van der Waals surface area contributed by atoms with Gasteiger partial charge in [-0.2, -0.15) is 10.5 Å². The van der Waals surface area contributed by atoms with Crippen molar-refractivity contribution >= 4 is 10.8 Å². The van der Waals surface area contributed by atoms with Crippen LogP contribution in [-0.2, 0) is 5.41 Å². The lowest BCUT2D eigenvalue weighted by Crippen LogP contribution is -2.14. The van der Waals surface area contributed by atoms with E-state index >= 15 is 0 Å².